The summed E-state index contributed by atoms with van der Waals surface area (Å²) in [6, 6.07) is -1.17. The Labute approximate surface area is 124 Å². The molecule has 0 aliphatic carbocycles. The lowest BCUT2D eigenvalue weighted by Gasteiger charge is -2.31. The monoisotopic (exact) mass is 322 g/mol. The Morgan fingerprint density at radius 3 is 2.62 bits per heavy atom. The van der Waals surface area contributed by atoms with Gasteiger partial charge in [0.15, 0.2) is 0 Å². The predicted octanol–water partition coefficient (Wildman–Crippen LogP) is -0.0409. The fourth-order valence-corrected chi connectivity index (χ4v) is 3.70. The highest BCUT2D eigenvalue weighted by Gasteiger charge is 2.34. The van der Waals surface area contributed by atoms with Gasteiger partial charge >= 0.3 is 11.9 Å². The van der Waals surface area contributed by atoms with Gasteiger partial charge in [-0.3, -0.25) is 9.59 Å². The molecule has 21 heavy (non-hydrogen) atoms. The smallest absolute Gasteiger partial charge is 0.321 e. The van der Waals surface area contributed by atoms with Gasteiger partial charge in [0.05, 0.1) is 12.5 Å². The van der Waals surface area contributed by atoms with Crippen molar-refractivity contribution in [3.63, 3.8) is 0 Å². The van der Waals surface area contributed by atoms with Gasteiger partial charge in [0.2, 0.25) is 0 Å². The van der Waals surface area contributed by atoms with Crippen LogP contribution in [0.5, 0.6) is 0 Å². The quantitative estimate of drug-likeness (QED) is 0.636. The summed E-state index contributed by atoms with van der Waals surface area (Å²) in [4.78, 5) is 22.6. The molecular weight excluding hydrogens is 300 g/mol. The van der Waals surface area contributed by atoms with Crippen LogP contribution in [0.25, 0.3) is 0 Å². The Morgan fingerprint density at radius 2 is 2.10 bits per heavy atom. The fourth-order valence-electron chi connectivity index (χ4n) is 2.18. The molecule has 2 atom stereocenters. The molecule has 9 heteroatoms. The zero-order chi connectivity index (χ0) is 16.0. The molecule has 1 rings (SSSR count). The Kier molecular flexibility index (Phi) is 6.56. The summed E-state index contributed by atoms with van der Waals surface area (Å²) >= 11 is 0. The first-order valence-electron chi connectivity index (χ1n) is 6.98. The van der Waals surface area contributed by atoms with Crippen molar-refractivity contribution in [2.24, 2.45) is 5.92 Å². The average Bonchev–Trinajstić information content (AvgIpc) is 2.45. The van der Waals surface area contributed by atoms with Crippen molar-refractivity contribution in [1.29, 1.82) is 0 Å². The molecule has 0 aromatic carbocycles. The number of ether oxygens (including phenoxy) is 1. The first-order chi connectivity index (χ1) is 9.81. The summed E-state index contributed by atoms with van der Waals surface area (Å²) in [6.45, 7) is 3.80. The van der Waals surface area contributed by atoms with Crippen LogP contribution in [0.15, 0.2) is 0 Å². The number of hydrogen-bond donors (Lipinski definition) is 2. The van der Waals surface area contributed by atoms with E-state index in [-0.39, 0.29) is 26.1 Å². The number of carbonyl (C=O) groups excluding carboxylic acids is 1. The van der Waals surface area contributed by atoms with E-state index in [1.165, 1.54) is 0 Å². The first kappa shape index (κ1) is 17.9. The maximum absolute atomic E-state index is 12.2. The average molecular weight is 322 g/mol. The van der Waals surface area contributed by atoms with Crippen molar-refractivity contribution in [3.8, 4) is 0 Å². The van der Waals surface area contributed by atoms with Gasteiger partial charge in [0.25, 0.3) is 10.2 Å². The lowest BCUT2D eigenvalue weighted by molar-refractivity contribution is -0.149. The summed E-state index contributed by atoms with van der Waals surface area (Å²) < 4.78 is 32.5. The highest BCUT2D eigenvalue weighted by atomic mass is 32.2. The molecule has 0 aromatic rings. The molecular formula is C12H22N2O6S. The number of piperidine rings is 1. The summed E-state index contributed by atoms with van der Waals surface area (Å²) in [5.74, 6) is -2.14. The van der Waals surface area contributed by atoms with Gasteiger partial charge in [0, 0.05) is 13.1 Å². The zero-order valence-corrected chi connectivity index (χ0v) is 13.1. The van der Waals surface area contributed by atoms with E-state index in [0.717, 1.165) is 4.31 Å². The Balaban J connectivity index is 2.74. The SMILES string of the molecule is CCOC(=O)C1CCCN(S(=O)(=O)N[C@H](CC)C(=O)O)C1. The summed E-state index contributed by atoms with van der Waals surface area (Å²) in [5.41, 5.74) is 0. The van der Waals surface area contributed by atoms with E-state index in [4.69, 9.17) is 9.84 Å². The molecule has 1 saturated heterocycles. The van der Waals surface area contributed by atoms with Gasteiger partial charge < -0.3 is 9.84 Å². The minimum atomic E-state index is -3.93. The largest absolute Gasteiger partial charge is 0.480 e. The van der Waals surface area contributed by atoms with Crippen LogP contribution in [0.3, 0.4) is 0 Å². The minimum Gasteiger partial charge on any atom is -0.480 e. The molecule has 0 amide bonds. The van der Waals surface area contributed by atoms with Crippen molar-refractivity contribution >= 4 is 22.1 Å². The number of hydrogen-bond acceptors (Lipinski definition) is 5. The Hall–Kier alpha value is -1.19. The van der Waals surface area contributed by atoms with Gasteiger partial charge in [-0.15, -0.1) is 0 Å². The molecule has 2 N–H and O–H groups in total. The Bertz CT molecular complexity index is 478. The van der Waals surface area contributed by atoms with Gasteiger partial charge in [-0.2, -0.15) is 17.4 Å². The molecule has 8 nitrogen and oxygen atoms in total. The van der Waals surface area contributed by atoms with Crippen LogP contribution in [0.2, 0.25) is 0 Å². The Morgan fingerprint density at radius 1 is 1.43 bits per heavy atom. The van der Waals surface area contributed by atoms with Gasteiger partial charge in [-0.05, 0) is 26.2 Å². The second kappa shape index (κ2) is 7.71. The highest BCUT2D eigenvalue weighted by Crippen LogP contribution is 2.20. The van der Waals surface area contributed by atoms with Crippen LogP contribution in [0.1, 0.15) is 33.1 Å². The normalized spacial score (nSPS) is 21.7. The molecule has 0 spiro atoms. The summed E-state index contributed by atoms with van der Waals surface area (Å²) in [6.07, 6.45) is 1.25. The van der Waals surface area contributed by atoms with Crippen LogP contribution in [-0.2, 0) is 24.5 Å². The number of nitrogens with zero attached hydrogens (tertiary/aromatic N) is 1. The molecule has 1 unspecified atom stereocenters. The number of rotatable bonds is 7. The van der Waals surface area contributed by atoms with Crippen molar-refractivity contribution in [2.75, 3.05) is 19.7 Å². The second-order valence-electron chi connectivity index (χ2n) is 4.87. The number of nitrogens with one attached hydrogen (secondary N) is 1. The second-order valence-corrected chi connectivity index (χ2v) is 6.57. The topological polar surface area (TPSA) is 113 Å². The molecule has 122 valence electrons. The number of aliphatic carboxylic acids is 1. The number of esters is 1. The van der Waals surface area contributed by atoms with E-state index in [9.17, 15) is 18.0 Å². The molecule has 1 aliphatic heterocycles. The molecule has 0 bridgehead atoms. The van der Waals surface area contributed by atoms with E-state index in [1.54, 1.807) is 13.8 Å². The zero-order valence-electron chi connectivity index (χ0n) is 12.2. The molecule has 0 aromatic heterocycles. The number of carbonyl (C=O) groups is 2. The maximum Gasteiger partial charge on any atom is 0.321 e. The van der Waals surface area contributed by atoms with Crippen molar-refractivity contribution < 1.29 is 27.9 Å². The lowest BCUT2D eigenvalue weighted by atomic mass is 10.0. The van der Waals surface area contributed by atoms with E-state index in [2.05, 4.69) is 4.72 Å². The highest BCUT2D eigenvalue weighted by molar-refractivity contribution is 7.87. The van der Waals surface area contributed by atoms with E-state index in [0.29, 0.717) is 12.8 Å². The van der Waals surface area contributed by atoms with Crippen molar-refractivity contribution in [3.05, 3.63) is 0 Å². The molecule has 0 saturated carbocycles. The third kappa shape index (κ3) is 4.94. The van der Waals surface area contributed by atoms with Crippen LogP contribution < -0.4 is 4.72 Å². The number of carboxylic acid groups (broad SMARTS) is 1. The maximum atomic E-state index is 12.2. The van der Waals surface area contributed by atoms with Crippen LogP contribution in [-0.4, -0.2) is 55.5 Å². The molecule has 0 radical (unpaired) electrons. The van der Waals surface area contributed by atoms with Crippen LogP contribution in [0.4, 0.5) is 0 Å². The lowest BCUT2D eigenvalue weighted by Crippen LogP contribution is -2.51. The van der Waals surface area contributed by atoms with E-state index < -0.39 is 34.1 Å². The molecule has 1 heterocycles. The summed E-state index contributed by atoms with van der Waals surface area (Å²) in [7, 11) is -3.93. The fraction of sp³-hybridized carbons (Fsp3) is 0.833. The van der Waals surface area contributed by atoms with Gasteiger partial charge in [-0.25, -0.2) is 0 Å². The van der Waals surface area contributed by atoms with Gasteiger partial charge in [-0.1, -0.05) is 6.92 Å². The predicted molar refractivity (Wildman–Crippen MR) is 74.7 cm³/mol. The number of carboxylic acids is 1. The third-order valence-corrected chi connectivity index (χ3v) is 4.94. The van der Waals surface area contributed by atoms with Crippen molar-refractivity contribution in [2.45, 2.75) is 39.2 Å². The van der Waals surface area contributed by atoms with Crippen LogP contribution in [0, 0.1) is 5.92 Å². The van der Waals surface area contributed by atoms with Crippen LogP contribution >= 0.6 is 0 Å². The summed E-state index contributed by atoms with van der Waals surface area (Å²) in [5, 5.41) is 8.93. The van der Waals surface area contributed by atoms with E-state index in [1.807, 2.05) is 0 Å². The minimum absolute atomic E-state index is 0.0181. The molecule has 1 aliphatic rings. The standard InChI is InChI=1S/C12H22N2O6S/c1-3-10(11(15)16)13-21(18,19)14-7-5-6-9(8-14)12(17)20-4-2/h9-10,13H,3-8H2,1-2H3,(H,15,16)/t9?,10-/m1/s1. The first-order valence-corrected chi connectivity index (χ1v) is 8.42. The third-order valence-electron chi connectivity index (χ3n) is 3.34. The molecule has 1 fully saturated rings. The van der Waals surface area contributed by atoms with E-state index >= 15 is 0 Å². The van der Waals surface area contributed by atoms with Gasteiger partial charge in [0.1, 0.15) is 6.04 Å². The van der Waals surface area contributed by atoms with Crippen molar-refractivity contribution in [1.82, 2.24) is 9.03 Å².